The molecule has 2 aromatic rings. The van der Waals surface area contributed by atoms with E-state index in [1.54, 1.807) is 23.2 Å². The van der Waals surface area contributed by atoms with E-state index in [0.29, 0.717) is 18.5 Å². The molecule has 0 spiro atoms. The van der Waals surface area contributed by atoms with Crippen LogP contribution >= 0.6 is 15.9 Å². The number of pyridine rings is 1. The first-order valence-electron chi connectivity index (χ1n) is 8.60. The first kappa shape index (κ1) is 19.0. The van der Waals surface area contributed by atoms with Gasteiger partial charge in [-0.25, -0.2) is 0 Å². The summed E-state index contributed by atoms with van der Waals surface area (Å²) >= 11 is 3.44. The molecule has 1 atom stereocenters. The van der Waals surface area contributed by atoms with Gasteiger partial charge in [0.15, 0.2) is 0 Å². The summed E-state index contributed by atoms with van der Waals surface area (Å²) in [5, 5.41) is 5.42. The molecule has 0 radical (unpaired) electrons. The number of halogens is 1. The number of benzene rings is 1. The van der Waals surface area contributed by atoms with Crippen LogP contribution in [-0.4, -0.2) is 42.3 Å². The second kappa shape index (κ2) is 8.77. The summed E-state index contributed by atoms with van der Waals surface area (Å²) in [5.41, 5.74) is 1.22. The highest BCUT2D eigenvalue weighted by molar-refractivity contribution is 9.10. The smallest absolute Gasteiger partial charge is 0.252 e. The van der Waals surface area contributed by atoms with E-state index in [-0.39, 0.29) is 30.8 Å². The Labute approximate surface area is 165 Å². The van der Waals surface area contributed by atoms with Crippen molar-refractivity contribution in [3.63, 3.8) is 0 Å². The molecule has 2 heterocycles. The summed E-state index contributed by atoms with van der Waals surface area (Å²) in [7, 11) is 0. The number of para-hydroxylation sites is 1. The summed E-state index contributed by atoms with van der Waals surface area (Å²) < 4.78 is 0.817. The number of amides is 3. The molecule has 0 saturated carbocycles. The van der Waals surface area contributed by atoms with E-state index in [9.17, 15) is 14.4 Å². The molecule has 8 heteroatoms. The SMILES string of the molecule is O=C(NCCNC(=O)C1CCN(c2ccccc2Br)C1=O)c1cccnc1. The zero-order chi connectivity index (χ0) is 19.2. The predicted molar refractivity (Wildman–Crippen MR) is 104 cm³/mol. The fraction of sp³-hybridized carbons (Fsp3) is 0.263. The van der Waals surface area contributed by atoms with Crippen molar-refractivity contribution in [1.82, 2.24) is 15.6 Å². The highest BCUT2D eigenvalue weighted by Gasteiger charge is 2.37. The van der Waals surface area contributed by atoms with Gasteiger partial charge in [-0.05, 0) is 46.6 Å². The zero-order valence-electron chi connectivity index (χ0n) is 14.5. The maximum Gasteiger partial charge on any atom is 0.252 e. The molecule has 27 heavy (non-hydrogen) atoms. The second-order valence-electron chi connectivity index (χ2n) is 6.07. The molecule has 7 nitrogen and oxygen atoms in total. The first-order chi connectivity index (χ1) is 13.1. The molecule has 3 rings (SSSR count). The van der Waals surface area contributed by atoms with Gasteiger partial charge in [-0.2, -0.15) is 0 Å². The van der Waals surface area contributed by atoms with E-state index in [0.717, 1.165) is 10.2 Å². The quantitative estimate of drug-likeness (QED) is 0.539. The van der Waals surface area contributed by atoms with Crippen LogP contribution in [0.3, 0.4) is 0 Å². The van der Waals surface area contributed by atoms with Crippen molar-refractivity contribution >= 4 is 39.3 Å². The van der Waals surface area contributed by atoms with E-state index in [2.05, 4.69) is 31.5 Å². The number of hydrogen-bond acceptors (Lipinski definition) is 4. The zero-order valence-corrected chi connectivity index (χ0v) is 16.1. The van der Waals surface area contributed by atoms with E-state index in [1.165, 1.54) is 6.20 Å². The highest BCUT2D eigenvalue weighted by Crippen LogP contribution is 2.31. The van der Waals surface area contributed by atoms with Crippen LogP contribution in [0.5, 0.6) is 0 Å². The van der Waals surface area contributed by atoms with Crippen molar-refractivity contribution in [2.24, 2.45) is 5.92 Å². The summed E-state index contributed by atoms with van der Waals surface area (Å²) in [5.74, 6) is -1.48. The van der Waals surface area contributed by atoms with Crippen LogP contribution in [-0.2, 0) is 9.59 Å². The normalized spacial score (nSPS) is 16.3. The molecule has 1 saturated heterocycles. The summed E-state index contributed by atoms with van der Waals surface area (Å²) in [4.78, 5) is 42.3. The van der Waals surface area contributed by atoms with Crippen LogP contribution < -0.4 is 15.5 Å². The van der Waals surface area contributed by atoms with Crippen molar-refractivity contribution in [3.05, 3.63) is 58.8 Å². The molecular formula is C19H19BrN4O3. The largest absolute Gasteiger partial charge is 0.354 e. The second-order valence-corrected chi connectivity index (χ2v) is 6.93. The van der Waals surface area contributed by atoms with Gasteiger partial charge in [0.2, 0.25) is 11.8 Å². The van der Waals surface area contributed by atoms with E-state index < -0.39 is 5.92 Å². The lowest BCUT2D eigenvalue weighted by Crippen LogP contribution is -2.40. The van der Waals surface area contributed by atoms with Crippen molar-refractivity contribution < 1.29 is 14.4 Å². The van der Waals surface area contributed by atoms with Gasteiger partial charge in [0.05, 0.1) is 11.3 Å². The standard InChI is InChI=1S/C19H19BrN4O3/c20-15-5-1-2-6-16(15)24-11-7-14(19(24)27)18(26)23-10-9-22-17(25)13-4-3-8-21-12-13/h1-6,8,12,14H,7,9-11H2,(H,22,25)(H,23,26). The monoisotopic (exact) mass is 430 g/mol. The maximum absolute atomic E-state index is 12.6. The van der Waals surface area contributed by atoms with Crippen LogP contribution in [0.2, 0.25) is 0 Å². The number of nitrogens with one attached hydrogen (secondary N) is 2. The minimum Gasteiger partial charge on any atom is -0.354 e. The van der Waals surface area contributed by atoms with Gasteiger partial charge in [0.25, 0.3) is 5.91 Å². The van der Waals surface area contributed by atoms with Gasteiger partial charge >= 0.3 is 0 Å². The van der Waals surface area contributed by atoms with Crippen molar-refractivity contribution in [1.29, 1.82) is 0 Å². The van der Waals surface area contributed by atoms with Crippen molar-refractivity contribution in [2.45, 2.75) is 6.42 Å². The lowest BCUT2D eigenvalue weighted by atomic mass is 10.1. The van der Waals surface area contributed by atoms with E-state index in [1.807, 2.05) is 24.3 Å². The number of hydrogen-bond donors (Lipinski definition) is 2. The first-order valence-corrected chi connectivity index (χ1v) is 9.39. The van der Waals surface area contributed by atoms with Crippen LogP contribution in [0.25, 0.3) is 0 Å². The topological polar surface area (TPSA) is 91.4 Å². The molecule has 140 valence electrons. The Bertz CT molecular complexity index is 844. The number of carbonyl (C=O) groups is 3. The lowest BCUT2D eigenvalue weighted by molar-refractivity contribution is -0.132. The van der Waals surface area contributed by atoms with Crippen molar-refractivity contribution in [2.75, 3.05) is 24.5 Å². The van der Waals surface area contributed by atoms with Crippen LogP contribution in [0.1, 0.15) is 16.8 Å². The van der Waals surface area contributed by atoms with Gasteiger partial charge in [0.1, 0.15) is 5.92 Å². The molecule has 3 amide bonds. The average Bonchev–Trinajstić information content (AvgIpc) is 3.07. The molecule has 1 fully saturated rings. The Kier molecular flexibility index (Phi) is 6.18. The summed E-state index contributed by atoms with van der Waals surface area (Å²) in [6, 6.07) is 10.8. The van der Waals surface area contributed by atoms with Crippen LogP contribution in [0.4, 0.5) is 5.69 Å². The fourth-order valence-electron chi connectivity index (χ4n) is 2.92. The molecule has 1 aliphatic heterocycles. The number of carbonyl (C=O) groups excluding carboxylic acids is 3. The third-order valence-electron chi connectivity index (χ3n) is 4.30. The van der Waals surface area contributed by atoms with Gasteiger partial charge in [0, 0.05) is 36.5 Å². The van der Waals surface area contributed by atoms with E-state index >= 15 is 0 Å². The van der Waals surface area contributed by atoms with Crippen molar-refractivity contribution in [3.8, 4) is 0 Å². The number of anilines is 1. The average molecular weight is 431 g/mol. The Balaban J connectivity index is 1.47. The minimum atomic E-state index is -0.703. The molecule has 1 aromatic carbocycles. The maximum atomic E-state index is 12.6. The number of aromatic nitrogens is 1. The number of nitrogens with zero attached hydrogens (tertiary/aromatic N) is 2. The third kappa shape index (κ3) is 4.51. The fourth-order valence-corrected chi connectivity index (χ4v) is 3.42. The Hall–Kier alpha value is -2.74. The van der Waals surface area contributed by atoms with Gasteiger partial charge in [-0.1, -0.05) is 12.1 Å². The third-order valence-corrected chi connectivity index (χ3v) is 4.97. The molecule has 1 unspecified atom stereocenters. The predicted octanol–water partition coefficient (Wildman–Crippen LogP) is 1.74. The minimum absolute atomic E-state index is 0.209. The molecule has 1 aromatic heterocycles. The Morgan fingerprint density at radius 1 is 1.15 bits per heavy atom. The molecule has 2 N–H and O–H groups in total. The Morgan fingerprint density at radius 2 is 1.93 bits per heavy atom. The van der Waals surface area contributed by atoms with Gasteiger partial charge in [-0.3, -0.25) is 19.4 Å². The van der Waals surface area contributed by atoms with Crippen LogP contribution in [0.15, 0.2) is 53.3 Å². The highest BCUT2D eigenvalue weighted by atomic mass is 79.9. The van der Waals surface area contributed by atoms with Crippen LogP contribution in [0, 0.1) is 5.92 Å². The molecular weight excluding hydrogens is 412 g/mol. The number of rotatable bonds is 6. The molecule has 1 aliphatic rings. The van der Waals surface area contributed by atoms with Gasteiger partial charge in [-0.15, -0.1) is 0 Å². The molecule has 0 bridgehead atoms. The van der Waals surface area contributed by atoms with E-state index in [4.69, 9.17) is 0 Å². The summed E-state index contributed by atoms with van der Waals surface area (Å²) in [6.07, 6.45) is 3.53. The molecule has 0 aliphatic carbocycles. The van der Waals surface area contributed by atoms with Gasteiger partial charge < -0.3 is 15.5 Å². The lowest BCUT2D eigenvalue weighted by Gasteiger charge is -2.18. The Morgan fingerprint density at radius 3 is 2.67 bits per heavy atom. The summed E-state index contributed by atoms with van der Waals surface area (Å²) in [6.45, 7) is 1.02.